The molecule has 0 spiro atoms. The monoisotopic (exact) mass is 376 g/mol. The summed E-state index contributed by atoms with van der Waals surface area (Å²) in [7, 11) is 0. The fourth-order valence-corrected chi connectivity index (χ4v) is 3.72. The molecule has 0 unspecified atom stereocenters. The summed E-state index contributed by atoms with van der Waals surface area (Å²) in [6.45, 7) is 1.02. The molecule has 1 aromatic heterocycles. The Balaban J connectivity index is 1.46. The van der Waals surface area contributed by atoms with Crippen molar-refractivity contribution in [2.75, 3.05) is 11.9 Å². The quantitative estimate of drug-likeness (QED) is 0.656. The SMILES string of the molecule is O=C(O)c1ccc(-n2cc(-c3cccc(NCC4CCCCC4)c3)nn2)cc1. The Kier molecular flexibility index (Phi) is 5.37. The van der Waals surface area contributed by atoms with Crippen molar-refractivity contribution in [2.24, 2.45) is 5.92 Å². The predicted molar refractivity (Wildman–Crippen MR) is 109 cm³/mol. The number of carboxylic acid groups (broad SMARTS) is 1. The van der Waals surface area contributed by atoms with E-state index in [1.54, 1.807) is 28.9 Å². The first-order valence-electron chi connectivity index (χ1n) is 9.79. The van der Waals surface area contributed by atoms with Crippen molar-refractivity contribution < 1.29 is 9.90 Å². The number of nitrogens with one attached hydrogen (secondary N) is 1. The van der Waals surface area contributed by atoms with Crippen molar-refractivity contribution in [3.05, 3.63) is 60.3 Å². The van der Waals surface area contributed by atoms with Crippen LogP contribution >= 0.6 is 0 Å². The molecule has 6 heteroatoms. The summed E-state index contributed by atoms with van der Waals surface area (Å²) in [5.74, 6) is -0.171. The van der Waals surface area contributed by atoms with Crippen LogP contribution in [0.2, 0.25) is 0 Å². The maximum absolute atomic E-state index is 11.0. The molecule has 0 bridgehead atoms. The Bertz CT molecular complexity index is 943. The molecule has 1 aliphatic carbocycles. The molecule has 0 aliphatic heterocycles. The van der Waals surface area contributed by atoms with Gasteiger partial charge in [0.05, 0.1) is 17.4 Å². The van der Waals surface area contributed by atoms with Gasteiger partial charge in [0.1, 0.15) is 5.69 Å². The van der Waals surface area contributed by atoms with Crippen LogP contribution in [0.5, 0.6) is 0 Å². The van der Waals surface area contributed by atoms with Gasteiger partial charge < -0.3 is 10.4 Å². The third-order valence-electron chi connectivity index (χ3n) is 5.35. The number of aromatic nitrogens is 3. The zero-order valence-electron chi connectivity index (χ0n) is 15.7. The Labute approximate surface area is 164 Å². The van der Waals surface area contributed by atoms with Gasteiger partial charge in [-0.25, -0.2) is 9.48 Å². The molecule has 1 aliphatic rings. The molecule has 1 fully saturated rings. The van der Waals surface area contributed by atoms with Crippen LogP contribution in [0.3, 0.4) is 0 Å². The molecule has 0 amide bonds. The first-order chi connectivity index (χ1) is 13.7. The highest BCUT2D eigenvalue weighted by Gasteiger charge is 2.13. The second-order valence-corrected chi connectivity index (χ2v) is 7.37. The van der Waals surface area contributed by atoms with Crippen LogP contribution in [-0.2, 0) is 0 Å². The minimum absolute atomic E-state index is 0.251. The fourth-order valence-electron chi connectivity index (χ4n) is 3.72. The number of benzene rings is 2. The lowest BCUT2D eigenvalue weighted by Gasteiger charge is -2.22. The van der Waals surface area contributed by atoms with E-state index < -0.39 is 5.97 Å². The zero-order valence-corrected chi connectivity index (χ0v) is 15.7. The van der Waals surface area contributed by atoms with Crippen molar-refractivity contribution >= 4 is 11.7 Å². The summed E-state index contributed by atoms with van der Waals surface area (Å²) in [4.78, 5) is 11.0. The van der Waals surface area contributed by atoms with Gasteiger partial charge in [0.15, 0.2) is 0 Å². The van der Waals surface area contributed by atoms with Gasteiger partial charge in [-0.05, 0) is 55.2 Å². The van der Waals surface area contributed by atoms with E-state index in [4.69, 9.17) is 5.11 Å². The molecule has 0 atom stereocenters. The fraction of sp³-hybridized carbons (Fsp3) is 0.318. The van der Waals surface area contributed by atoms with Crippen LogP contribution in [0.25, 0.3) is 16.9 Å². The van der Waals surface area contributed by atoms with Crippen LogP contribution in [0.4, 0.5) is 5.69 Å². The van der Waals surface area contributed by atoms with Crippen LogP contribution in [0.1, 0.15) is 42.5 Å². The first-order valence-corrected chi connectivity index (χ1v) is 9.79. The number of anilines is 1. The minimum Gasteiger partial charge on any atom is -0.478 e. The van der Waals surface area contributed by atoms with Gasteiger partial charge in [0.2, 0.25) is 0 Å². The molecule has 28 heavy (non-hydrogen) atoms. The van der Waals surface area contributed by atoms with Gasteiger partial charge in [0, 0.05) is 17.8 Å². The lowest BCUT2D eigenvalue weighted by Crippen LogP contribution is -2.17. The molecule has 4 rings (SSSR count). The highest BCUT2D eigenvalue weighted by molar-refractivity contribution is 5.87. The average Bonchev–Trinajstić information content (AvgIpc) is 3.24. The first kappa shape index (κ1) is 18.2. The number of rotatable bonds is 6. The summed E-state index contributed by atoms with van der Waals surface area (Å²) < 4.78 is 1.66. The van der Waals surface area contributed by atoms with E-state index in [0.29, 0.717) is 0 Å². The lowest BCUT2D eigenvalue weighted by atomic mass is 9.89. The second-order valence-electron chi connectivity index (χ2n) is 7.37. The molecule has 0 saturated heterocycles. The normalized spacial score (nSPS) is 14.7. The average molecular weight is 376 g/mol. The summed E-state index contributed by atoms with van der Waals surface area (Å²) in [5.41, 5.74) is 3.91. The summed E-state index contributed by atoms with van der Waals surface area (Å²) in [6, 6.07) is 14.8. The largest absolute Gasteiger partial charge is 0.478 e. The Morgan fingerprint density at radius 2 is 1.89 bits per heavy atom. The molecule has 1 saturated carbocycles. The Morgan fingerprint density at radius 1 is 1.11 bits per heavy atom. The van der Waals surface area contributed by atoms with Crippen molar-refractivity contribution in [2.45, 2.75) is 32.1 Å². The maximum atomic E-state index is 11.0. The summed E-state index contributed by atoms with van der Waals surface area (Å²) in [6.07, 6.45) is 8.58. The number of nitrogens with zero attached hydrogens (tertiary/aromatic N) is 3. The molecule has 1 heterocycles. The molecule has 0 radical (unpaired) electrons. The number of aromatic carboxylic acids is 1. The van der Waals surface area contributed by atoms with E-state index in [1.807, 2.05) is 18.3 Å². The minimum atomic E-state index is -0.941. The molecule has 2 aromatic carbocycles. The lowest BCUT2D eigenvalue weighted by molar-refractivity contribution is 0.0697. The van der Waals surface area contributed by atoms with Gasteiger partial charge in [0.25, 0.3) is 0 Å². The highest BCUT2D eigenvalue weighted by Crippen LogP contribution is 2.25. The van der Waals surface area contributed by atoms with Gasteiger partial charge in [-0.2, -0.15) is 0 Å². The Hall–Kier alpha value is -3.15. The third kappa shape index (κ3) is 4.22. The zero-order chi connectivity index (χ0) is 19.3. The van der Waals surface area contributed by atoms with Crippen LogP contribution in [0, 0.1) is 5.92 Å². The highest BCUT2D eigenvalue weighted by atomic mass is 16.4. The van der Waals surface area contributed by atoms with Gasteiger partial charge in [-0.1, -0.05) is 36.6 Å². The molecule has 3 aromatic rings. The molecular formula is C22H24N4O2. The molecule has 144 valence electrons. The van der Waals surface area contributed by atoms with Crippen molar-refractivity contribution in [3.63, 3.8) is 0 Å². The number of carbonyl (C=O) groups is 1. The van der Waals surface area contributed by atoms with E-state index in [9.17, 15) is 4.79 Å². The summed E-state index contributed by atoms with van der Waals surface area (Å²) >= 11 is 0. The van der Waals surface area contributed by atoms with E-state index in [-0.39, 0.29) is 5.56 Å². The summed E-state index contributed by atoms with van der Waals surface area (Å²) in [5, 5.41) is 21.0. The third-order valence-corrected chi connectivity index (χ3v) is 5.35. The van der Waals surface area contributed by atoms with E-state index >= 15 is 0 Å². The van der Waals surface area contributed by atoms with Gasteiger partial charge >= 0.3 is 5.97 Å². The standard InChI is InChI=1S/C22H24N4O2/c27-22(28)17-9-11-20(12-10-17)26-15-21(24-25-26)18-7-4-8-19(13-18)23-14-16-5-2-1-3-6-16/h4,7-13,15-16,23H,1-3,5-6,14H2,(H,27,28). The van der Waals surface area contributed by atoms with Gasteiger partial charge in [-0.15, -0.1) is 5.10 Å². The van der Waals surface area contributed by atoms with Crippen LogP contribution in [-0.4, -0.2) is 32.6 Å². The predicted octanol–water partition coefficient (Wildman–Crippen LogP) is 4.62. The van der Waals surface area contributed by atoms with E-state index in [0.717, 1.165) is 35.1 Å². The van der Waals surface area contributed by atoms with E-state index in [2.05, 4.69) is 27.8 Å². The molecular weight excluding hydrogens is 352 g/mol. The topological polar surface area (TPSA) is 80.0 Å². The van der Waals surface area contributed by atoms with Crippen LogP contribution < -0.4 is 5.32 Å². The molecule has 2 N–H and O–H groups in total. The number of carboxylic acids is 1. The van der Waals surface area contributed by atoms with Gasteiger partial charge in [-0.3, -0.25) is 0 Å². The number of hydrogen-bond acceptors (Lipinski definition) is 4. The molecule has 6 nitrogen and oxygen atoms in total. The van der Waals surface area contributed by atoms with Crippen molar-refractivity contribution in [1.82, 2.24) is 15.0 Å². The Morgan fingerprint density at radius 3 is 2.64 bits per heavy atom. The smallest absolute Gasteiger partial charge is 0.335 e. The van der Waals surface area contributed by atoms with Crippen molar-refractivity contribution in [1.29, 1.82) is 0 Å². The van der Waals surface area contributed by atoms with Crippen LogP contribution in [0.15, 0.2) is 54.7 Å². The van der Waals surface area contributed by atoms with E-state index in [1.165, 1.54) is 32.1 Å². The maximum Gasteiger partial charge on any atom is 0.335 e. The number of hydrogen-bond donors (Lipinski definition) is 2. The van der Waals surface area contributed by atoms with Crippen molar-refractivity contribution in [3.8, 4) is 16.9 Å². The second kappa shape index (κ2) is 8.25.